The monoisotopic (exact) mass is 281 g/mol. The van der Waals surface area contributed by atoms with Gasteiger partial charge in [-0.15, -0.1) is 0 Å². The van der Waals surface area contributed by atoms with Crippen LogP contribution >= 0.6 is 0 Å². The van der Waals surface area contributed by atoms with Crippen molar-refractivity contribution in [2.75, 3.05) is 6.54 Å². The molecule has 1 atom stereocenters. The highest BCUT2D eigenvalue weighted by atomic mass is 16.3. The summed E-state index contributed by atoms with van der Waals surface area (Å²) in [6.45, 7) is 5.52. The van der Waals surface area contributed by atoms with Crippen molar-refractivity contribution in [3.63, 3.8) is 0 Å². The highest BCUT2D eigenvalue weighted by molar-refractivity contribution is 6.05. The van der Waals surface area contributed by atoms with Gasteiger partial charge in [0.15, 0.2) is 0 Å². The second-order valence-corrected chi connectivity index (χ2v) is 5.65. The molecule has 0 aliphatic carbocycles. The van der Waals surface area contributed by atoms with Gasteiger partial charge in [0, 0.05) is 16.8 Å². The number of hydrogen-bond acceptors (Lipinski definition) is 2. The van der Waals surface area contributed by atoms with Crippen molar-refractivity contribution in [2.24, 2.45) is 0 Å². The Bertz CT molecular complexity index is 729. The predicted octanol–water partition coefficient (Wildman–Crippen LogP) is 5.43. The first-order valence-electron chi connectivity index (χ1n) is 7.98. The van der Waals surface area contributed by atoms with E-state index < -0.39 is 0 Å². The van der Waals surface area contributed by atoms with Crippen molar-refractivity contribution in [3.8, 4) is 0 Å². The highest BCUT2D eigenvalue weighted by Gasteiger charge is 2.13. The van der Waals surface area contributed by atoms with E-state index in [4.69, 9.17) is 4.42 Å². The molecule has 0 radical (unpaired) electrons. The molecule has 2 nitrogen and oxygen atoms in total. The molecule has 21 heavy (non-hydrogen) atoms. The summed E-state index contributed by atoms with van der Waals surface area (Å²) in [7, 11) is 0. The number of furan rings is 1. The van der Waals surface area contributed by atoms with Crippen LogP contribution in [0.1, 0.15) is 44.7 Å². The lowest BCUT2D eigenvalue weighted by Crippen LogP contribution is -2.21. The summed E-state index contributed by atoms with van der Waals surface area (Å²) in [5.41, 5.74) is 3.31. The number of rotatable bonds is 6. The number of benzene rings is 2. The zero-order chi connectivity index (χ0) is 14.7. The third-order valence-corrected chi connectivity index (χ3v) is 4.02. The van der Waals surface area contributed by atoms with Crippen LogP contribution < -0.4 is 5.32 Å². The average molecular weight is 281 g/mol. The van der Waals surface area contributed by atoms with E-state index in [2.05, 4.69) is 49.5 Å². The Morgan fingerprint density at radius 1 is 0.952 bits per heavy atom. The zero-order valence-electron chi connectivity index (χ0n) is 12.9. The molecule has 1 unspecified atom stereocenters. The van der Waals surface area contributed by atoms with Gasteiger partial charge in [-0.1, -0.05) is 44.5 Å². The Kier molecular flexibility index (Phi) is 4.26. The smallest absolute Gasteiger partial charge is 0.135 e. The second kappa shape index (κ2) is 6.31. The van der Waals surface area contributed by atoms with Gasteiger partial charge in [-0.3, -0.25) is 0 Å². The molecule has 0 aliphatic heterocycles. The molecule has 0 saturated heterocycles. The molecule has 2 aromatic carbocycles. The van der Waals surface area contributed by atoms with Gasteiger partial charge in [0.25, 0.3) is 0 Å². The summed E-state index contributed by atoms with van der Waals surface area (Å²) in [4.78, 5) is 0. The topological polar surface area (TPSA) is 25.2 Å². The van der Waals surface area contributed by atoms with Crippen molar-refractivity contribution in [2.45, 2.75) is 39.2 Å². The van der Waals surface area contributed by atoms with Gasteiger partial charge in [0.05, 0.1) is 0 Å². The van der Waals surface area contributed by atoms with Gasteiger partial charge in [-0.25, -0.2) is 0 Å². The maximum absolute atomic E-state index is 5.91. The minimum atomic E-state index is 0.438. The van der Waals surface area contributed by atoms with Crippen LogP contribution in [0, 0.1) is 0 Å². The van der Waals surface area contributed by atoms with Gasteiger partial charge < -0.3 is 9.73 Å². The SMILES string of the molecule is CCCNC(CCC)c1ccc2oc3ccccc3c2c1. The van der Waals surface area contributed by atoms with Gasteiger partial charge in [-0.2, -0.15) is 0 Å². The van der Waals surface area contributed by atoms with Gasteiger partial charge >= 0.3 is 0 Å². The number of hydrogen-bond donors (Lipinski definition) is 1. The van der Waals surface area contributed by atoms with Crippen LogP contribution in [-0.4, -0.2) is 6.54 Å². The van der Waals surface area contributed by atoms with Crippen molar-refractivity contribution in [3.05, 3.63) is 48.0 Å². The van der Waals surface area contributed by atoms with Crippen LogP contribution in [0.3, 0.4) is 0 Å². The van der Waals surface area contributed by atoms with Crippen LogP contribution in [0.25, 0.3) is 21.9 Å². The summed E-state index contributed by atoms with van der Waals surface area (Å²) < 4.78 is 5.91. The Balaban J connectivity index is 2.03. The van der Waals surface area contributed by atoms with Crippen molar-refractivity contribution >= 4 is 21.9 Å². The first-order valence-corrected chi connectivity index (χ1v) is 7.98. The molecule has 0 amide bonds. The fourth-order valence-electron chi connectivity index (χ4n) is 2.95. The van der Waals surface area contributed by atoms with E-state index >= 15 is 0 Å². The Hall–Kier alpha value is -1.80. The van der Waals surface area contributed by atoms with Crippen LogP contribution in [0.2, 0.25) is 0 Å². The zero-order valence-corrected chi connectivity index (χ0v) is 12.9. The molecule has 1 N–H and O–H groups in total. The molecule has 3 aromatic rings. The lowest BCUT2D eigenvalue weighted by molar-refractivity contribution is 0.494. The Morgan fingerprint density at radius 2 is 1.76 bits per heavy atom. The summed E-state index contributed by atoms with van der Waals surface area (Å²) in [6, 6.07) is 15.3. The lowest BCUT2D eigenvalue weighted by atomic mass is 10.00. The van der Waals surface area contributed by atoms with E-state index in [-0.39, 0.29) is 0 Å². The fraction of sp³-hybridized carbons (Fsp3) is 0.368. The maximum atomic E-state index is 5.91. The quantitative estimate of drug-likeness (QED) is 0.652. The Morgan fingerprint density at radius 3 is 2.57 bits per heavy atom. The molecule has 1 heterocycles. The number of fused-ring (bicyclic) bond motifs is 3. The largest absolute Gasteiger partial charge is 0.456 e. The van der Waals surface area contributed by atoms with Crippen molar-refractivity contribution in [1.29, 1.82) is 0 Å². The van der Waals surface area contributed by atoms with Crippen LogP contribution in [0.4, 0.5) is 0 Å². The molecular weight excluding hydrogens is 258 g/mol. The summed E-state index contributed by atoms with van der Waals surface area (Å²) in [5, 5.41) is 6.09. The third kappa shape index (κ3) is 2.81. The van der Waals surface area contributed by atoms with E-state index in [9.17, 15) is 0 Å². The first kappa shape index (κ1) is 14.2. The normalized spacial score (nSPS) is 13.0. The minimum absolute atomic E-state index is 0.438. The van der Waals surface area contributed by atoms with Crippen LogP contribution in [-0.2, 0) is 0 Å². The van der Waals surface area contributed by atoms with E-state index in [1.54, 1.807) is 0 Å². The summed E-state index contributed by atoms with van der Waals surface area (Å²) in [5.74, 6) is 0. The molecule has 0 bridgehead atoms. The van der Waals surface area contributed by atoms with Crippen molar-refractivity contribution in [1.82, 2.24) is 5.32 Å². The molecule has 0 fully saturated rings. The molecule has 0 aliphatic rings. The fourth-order valence-corrected chi connectivity index (χ4v) is 2.95. The molecule has 2 heteroatoms. The molecule has 0 saturated carbocycles. The average Bonchev–Trinajstić information content (AvgIpc) is 2.89. The van der Waals surface area contributed by atoms with E-state index in [1.165, 1.54) is 29.2 Å². The maximum Gasteiger partial charge on any atom is 0.135 e. The Labute approximate surface area is 126 Å². The van der Waals surface area contributed by atoms with Gasteiger partial charge in [0.1, 0.15) is 11.2 Å². The van der Waals surface area contributed by atoms with Gasteiger partial charge in [0.2, 0.25) is 0 Å². The molecule has 110 valence electrons. The molecule has 0 spiro atoms. The molecular formula is C19H23NO. The van der Waals surface area contributed by atoms with E-state index in [1.807, 2.05) is 12.1 Å². The van der Waals surface area contributed by atoms with Crippen LogP contribution in [0.15, 0.2) is 46.9 Å². The second-order valence-electron chi connectivity index (χ2n) is 5.65. The van der Waals surface area contributed by atoms with E-state index in [0.29, 0.717) is 6.04 Å². The van der Waals surface area contributed by atoms with Gasteiger partial charge in [-0.05, 0) is 43.1 Å². The summed E-state index contributed by atoms with van der Waals surface area (Å²) in [6.07, 6.45) is 3.52. The number of para-hydroxylation sites is 1. The van der Waals surface area contributed by atoms with Crippen molar-refractivity contribution < 1.29 is 4.42 Å². The standard InChI is InChI=1S/C19H23NO/c1-3-7-17(20-12-4-2)14-10-11-19-16(13-14)15-8-5-6-9-18(15)21-19/h5-6,8-11,13,17,20H,3-4,7,12H2,1-2H3. The number of nitrogens with one attached hydrogen (secondary N) is 1. The third-order valence-electron chi connectivity index (χ3n) is 4.02. The van der Waals surface area contributed by atoms with E-state index in [0.717, 1.165) is 24.1 Å². The highest BCUT2D eigenvalue weighted by Crippen LogP contribution is 2.31. The predicted molar refractivity (Wildman–Crippen MR) is 89.7 cm³/mol. The lowest BCUT2D eigenvalue weighted by Gasteiger charge is -2.18. The van der Waals surface area contributed by atoms with Crippen LogP contribution in [0.5, 0.6) is 0 Å². The minimum Gasteiger partial charge on any atom is -0.456 e. The molecule has 1 aromatic heterocycles. The first-order chi connectivity index (χ1) is 10.3. The molecule has 3 rings (SSSR count). The summed E-state index contributed by atoms with van der Waals surface area (Å²) >= 11 is 0.